The van der Waals surface area contributed by atoms with Gasteiger partial charge in [-0.05, 0) is 42.0 Å². The van der Waals surface area contributed by atoms with Crippen LogP contribution in [0.4, 0.5) is 4.79 Å². The zero-order valence-electron chi connectivity index (χ0n) is 13.8. The van der Waals surface area contributed by atoms with Gasteiger partial charge in [0, 0.05) is 12.2 Å². The van der Waals surface area contributed by atoms with E-state index in [-0.39, 0.29) is 18.2 Å². The number of pyridine rings is 1. The molecule has 4 rings (SSSR count). The van der Waals surface area contributed by atoms with Crippen LogP contribution in [0.25, 0.3) is 5.57 Å². The van der Waals surface area contributed by atoms with Crippen molar-refractivity contribution in [1.29, 1.82) is 0 Å². The zero-order valence-corrected chi connectivity index (χ0v) is 14.5. The van der Waals surface area contributed by atoms with E-state index in [0.717, 1.165) is 30.4 Å². The van der Waals surface area contributed by atoms with Crippen LogP contribution in [-0.4, -0.2) is 28.1 Å². The second kappa shape index (κ2) is 6.89. The smallest absolute Gasteiger partial charge is 0.410 e. The molecule has 0 spiro atoms. The fourth-order valence-electron chi connectivity index (χ4n) is 3.69. The van der Waals surface area contributed by atoms with E-state index >= 15 is 0 Å². The number of rotatable bonds is 3. The first-order chi connectivity index (χ1) is 12.2. The third-order valence-corrected chi connectivity index (χ3v) is 5.13. The second-order valence-corrected chi connectivity index (χ2v) is 6.90. The Labute approximate surface area is 152 Å². The molecule has 0 N–H and O–H groups in total. The Morgan fingerprint density at radius 2 is 2.04 bits per heavy atom. The molecule has 5 heteroatoms. The van der Waals surface area contributed by atoms with Crippen molar-refractivity contribution in [1.82, 2.24) is 9.88 Å². The van der Waals surface area contributed by atoms with Crippen LogP contribution in [-0.2, 0) is 11.3 Å². The molecular formula is C20H19ClN2O2. The first-order valence-corrected chi connectivity index (χ1v) is 8.90. The summed E-state index contributed by atoms with van der Waals surface area (Å²) in [5, 5.41) is 0.495. The summed E-state index contributed by atoms with van der Waals surface area (Å²) < 4.78 is 5.53. The molecule has 2 aliphatic rings. The van der Waals surface area contributed by atoms with E-state index < -0.39 is 0 Å². The quantitative estimate of drug-likeness (QED) is 0.751. The van der Waals surface area contributed by atoms with E-state index in [1.165, 1.54) is 5.57 Å². The number of amides is 1. The molecule has 1 saturated heterocycles. The maximum atomic E-state index is 12.6. The topological polar surface area (TPSA) is 42.4 Å². The van der Waals surface area contributed by atoms with Gasteiger partial charge in [0.1, 0.15) is 11.8 Å². The lowest BCUT2D eigenvalue weighted by Crippen LogP contribution is -2.43. The molecule has 25 heavy (non-hydrogen) atoms. The van der Waals surface area contributed by atoms with Gasteiger partial charge in [0.2, 0.25) is 0 Å². The summed E-state index contributed by atoms with van der Waals surface area (Å²) in [5.41, 5.74) is 3.33. The molecule has 2 aromatic rings. The van der Waals surface area contributed by atoms with Crippen LogP contribution in [0.1, 0.15) is 30.4 Å². The first kappa shape index (κ1) is 16.2. The molecule has 1 aromatic heterocycles. The van der Waals surface area contributed by atoms with Crippen molar-refractivity contribution in [2.45, 2.75) is 38.0 Å². The normalized spacial score (nSPS) is 21.8. The average molecular weight is 355 g/mol. The molecule has 1 aromatic carbocycles. The van der Waals surface area contributed by atoms with Crippen LogP contribution >= 0.6 is 11.6 Å². The fraction of sp³-hybridized carbons (Fsp3) is 0.300. The van der Waals surface area contributed by atoms with Crippen LogP contribution in [0, 0.1) is 0 Å². The minimum Gasteiger partial charge on any atom is -0.445 e. The molecule has 0 radical (unpaired) electrons. The van der Waals surface area contributed by atoms with Crippen LogP contribution in [0.3, 0.4) is 0 Å². The van der Waals surface area contributed by atoms with Crippen LogP contribution in [0.2, 0.25) is 5.15 Å². The van der Waals surface area contributed by atoms with E-state index in [0.29, 0.717) is 11.8 Å². The Balaban J connectivity index is 1.46. The highest BCUT2D eigenvalue weighted by molar-refractivity contribution is 6.29. The Bertz CT molecular complexity index is 789. The number of carbonyl (C=O) groups is 1. The number of nitrogens with zero attached hydrogens (tertiary/aromatic N) is 2. The number of fused-ring (bicyclic) bond motifs is 2. The summed E-state index contributed by atoms with van der Waals surface area (Å²) in [6, 6.07) is 13.9. The molecule has 0 aliphatic carbocycles. The number of hydrogen-bond acceptors (Lipinski definition) is 3. The fourth-order valence-corrected chi connectivity index (χ4v) is 3.80. The van der Waals surface area contributed by atoms with Crippen LogP contribution in [0.5, 0.6) is 0 Å². The van der Waals surface area contributed by atoms with Crippen molar-refractivity contribution in [2.75, 3.05) is 0 Å². The van der Waals surface area contributed by atoms with Crippen molar-refractivity contribution in [3.8, 4) is 0 Å². The van der Waals surface area contributed by atoms with Crippen LogP contribution in [0.15, 0.2) is 54.7 Å². The van der Waals surface area contributed by atoms with Crippen molar-refractivity contribution < 1.29 is 9.53 Å². The van der Waals surface area contributed by atoms with Gasteiger partial charge < -0.3 is 4.74 Å². The van der Waals surface area contributed by atoms with Crippen molar-refractivity contribution in [3.63, 3.8) is 0 Å². The zero-order chi connectivity index (χ0) is 17.2. The van der Waals surface area contributed by atoms with E-state index in [1.807, 2.05) is 41.3 Å². The molecule has 128 valence electrons. The van der Waals surface area contributed by atoms with Gasteiger partial charge in [0.25, 0.3) is 0 Å². The number of benzene rings is 1. The summed E-state index contributed by atoms with van der Waals surface area (Å²) in [6.07, 6.45) is 6.58. The maximum Gasteiger partial charge on any atom is 0.410 e. The number of halogens is 1. The summed E-state index contributed by atoms with van der Waals surface area (Å²) in [7, 11) is 0. The molecule has 2 aliphatic heterocycles. The second-order valence-electron chi connectivity index (χ2n) is 6.51. The van der Waals surface area contributed by atoms with Gasteiger partial charge in [0.05, 0.1) is 6.04 Å². The van der Waals surface area contributed by atoms with Crippen molar-refractivity contribution in [3.05, 3.63) is 71.0 Å². The Morgan fingerprint density at radius 3 is 2.76 bits per heavy atom. The Kier molecular flexibility index (Phi) is 4.45. The highest BCUT2D eigenvalue weighted by Gasteiger charge is 2.40. The SMILES string of the molecule is O=C(OCc1ccccc1)N1C2C=C(c3ccc(Cl)nc3)CC1CC2. The van der Waals surface area contributed by atoms with Crippen LogP contribution < -0.4 is 0 Å². The average Bonchev–Trinajstić information content (AvgIpc) is 2.91. The number of aromatic nitrogens is 1. The van der Waals surface area contributed by atoms with E-state index in [1.54, 1.807) is 12.3 Å². The minimum absolute atomic E-state index is 0.104. The molecule has 2 bridgehead atoms. The molecule has 0 saturated carbocycles. The third kappa shape index (κ3) is 3.40. The highest BCUT2D eigenvalue weighted by atomic mass is 35.5. The molecule has 2 unspecified atom stereocenters. The van der Waals surface area contributed by atoms with E-state index in [9.17, 15) is 4.79 Å². The van der Waals surface area contributed by atoms with Gasteiger partial charge in [-0.25, -0.2) is 9.78 Å². The highest BCUT2D eigenvalue weighted by Crippen LogP contribution is 2.38. The number of ether oxygens (including phenoxy) is 1. The van der Waals surface area contributed by atoms with Gasteiger partial charge in [-0.2, -0.15) is 0 Å². The molecule has 1 amide bonds. The number of hydrogen-bond donors (Lipinski definition) is 0. The van der Waals surface area contributed by atoms with Crippen molar-refractivity contribution in [2.24, 2.45) is 0 Å². The Morgan fingerprint density at radius 1 is 1.20 bits per heavy atom. The van der Waals surface area contributed by atoms with Crippen molar-refractivity contribution >= 4 is 23.3 Å². The van der Waals surface area contributed by atoms with Gasteiger partial charge in [-0.15, -0.1) is 0 Å². The third-order valence-electron chi connectivity index (χ3n) is 4.91. The molecule has 1 fully saturated rings. The maximum absolute atomic E-state index is 12.6. The minimum atomic E-state index is -0.221. The largest absolute Gasteiger partial charge is 0.445 e. The molecular weight excluding hydrogens is 336 g/mol. The van der Waals surface area contributed by atoms with Gasteiger partial charge >= 0.3 is 6.09 Å². The Hall–Kier alpha value is -2.33. The van der Waals surface area contributed by atoms with Gasteiger partial charge in [-0.1, -0.05) is 54.1 Å². The first-order valence-electron chi connectivity index (χ1n) is 8.52. The summed E-state index contributed by atoms with van der Waals surface area (Å²) in [5.74, 6) is 0. The monoisotopic (exact) mass is 354 g/mol. The van der Waals surface area contributed by atoms with Gasteiger partial charge in [-0.3, -0.25) is 4.90 Å². The summed E-state index contributed by atoms with van der Waals surface area (Å²) >= 11 is 5.87. The van der Waals surface area contributed by atoms with Gasteiger partial charge in [0.15, 0.2) is 0 Å². The number of carbonyl (C=O) groups excluding carboxylic acids is 1. The molecule has 2 atom stereocenters. The lowest BCUT2D eigenvalue weighted by molar-refractivity contribution is 0.0832. The predicted molar refractivity (Wildman–Crippen MR) is 97.1 cm³/mol. The molecule has 4 nitrogen and oxygen atoms in total. The predicted octanol–water partition coefficient (Wildman–Crippen LogP) is 4.69. The molecule has 3 heterocycles. The summed E-state index contributed by atoms with van der Waals surface area (Å²) in [6.45, 7) is 0.313. The van der Waals surface area contributed by atoms with E-state index in [2.05, 4.69) is 11.1 Å². The lowest BCUT2D eigenvalue weighted by Gasteiger charge is -2.33. The lowest BCUT2D eigenvalue weighted by atomic mass is 9.96. The standard InChI is InChI=1S/C20H19ClN2O2/c21-19-9-6-15(12-22-19)16-10-17-7-8-18(11-16)23(17)20(24)25-13-14-4-2-1-3-5-14/h1-6,9-10,12,17-18H,7-8,11,13H2. The van der Waals surface area contributed by atoms with E-state index in [4.69, 9.17) is 16.3 Å². The summed E-state index contributed by atoms with van der Waals surface area (Å²) in [4.78, 5) is 18.6.